The first-order valence-corrected chi connectivity index (χ1v) is 10.5. The largest absolute Gasteiger partial charge is 0.335 e. The fraction of sp³-hybridized carbons (Fsp3) is 0.292. The molecule has 0 bridgehead atoms. The summed E-state index contributed by atoms with van der Waals surface area (Å²) in [5, 5.41) is 0. The van der Waals surface area contributed by atoms with Crippen molar-refractivity contribution >= 4 is 17.4 Å². The molecule has 0 aliphatic carbocycles. The van der Waals surface area contributed by atoms with Crippen molar-refractivity contribution in [2.24, 2.45) is 0 Å². The van der Waals surface area contributed by atoms with Crippen LogP contribution in [0.25, 0.3) is 0 Å². The summed E-state index contributed by atoms with van der Waals surface area (Å²) in [7, 11) is 0. The molecule has 3 heterocycles. The molecule has 1 amide bonds. The van der Waals surface area contributed by atoms with Gasteiger partial charge in [-0.05, 0) is 23.6 Å². The number of benzene rings is 2. The fourth-order valence-corrected chi connectivity index (χ4v) is 4.30. The Kier molecular flexibility index (Phi) is 5.15. The minimum absolute atomic E-state index is 0.00880. The Morgan fingerprint density at radius 1 is 0.867 bits per heavy atom. The summed E-state index contributed by atoms with van der Waals surface area (Å²) in [6, 6.07) is 20.7. The summed E-state index contributed by atoms with van der Waals surface area (Å²) < 4.78 is 0. The van der Waals surface area contributed by atoms with Crippen LogP contribution in [0.3, 0.4) is 0 Å². The molecule has 2 aliphatic rings. The highest BCUT2D eigenvalue weighted by Gasteiger charge is 2.25. The van der Waals surface area contributed by atoms with Gasteiger partial charge in [0.25, 0.3) is 5.91 Å². The van der Waals surface area contributed by atoms with Crippen LogP contribution in [0, 0.1) is 0 Å². The number of fused-ring (bicyclic) bond motifs is 1. The smallest absolute Gasteiger partial charge is 0.272 e. The highest BCUT2D eigenvalue weighted by molar-refractivity contribution is 5.93. The average Bonchev–Trinajstić information content (AvgIpc) is 3.24. The first-order valence-electron chi connectivity index (χ1n) is 10.5. The summed E-state index contributed by atoms with van der Waals surface area (Å²) in [5.41, 5.74) is 4.27. The van der Waals surface area contributed by atoms with E-state index in [9.17, 15) is 4.79 Å². The van der Waals surface area contributed by atoms with Crippen molar-refractivity contribution in [1.29, 1.82) is 0 Å². The summed E-state index contributed by atoms with van der Waals surface area (Å²) in [6.07, 6.45) is 2.50. The van der Waals surface area contributed by atoms with E-state index in [-0.39, 0.29) is 5.91 Å². The van der Waals surface area contributed by atoms with Gasteiger partial charge in [0.05, 0.1) is 0 Å². The minimum Gasteiger partial charge on any atom is -0.335 e. The van der Waals surface area contributed by atoms with Crippen molar-refractivity contribution in [3.8, 4) is 0 Å². The molecule has 152 valence electrons. The van der Waals surface area contributed by atoms with E-state index in [4.69, 9.17) is 0 Å². The lowest BCUT2D eigenvalue weighted by Crippen LogP contribution is -2.48. The average molecular weight is 399 g/mol. The fourth-order valence-electron chi connectivity index (χ4n) is 4.30. The summed E-state index contributed by atoms with van der Waals surface area (Å²) in [5.74, 6) is 0.784. The Labute approximate surface area is 176 Å². The summed E-state index contributed by atoms with van der Waals surface area (Å²) in [4.78, 5) is 28.3. The van der Waals surface area contributed by atoms with Crippen LogP contribution in [0.5, 0.6) is 0 Å². The molecule has 0 N–H and O–H groups in total. The van der Waals surface area contributed by atoms with Gasteiger partial charge in [0.1, 0.15) is 17.8 Å². The number of hydrogen-bond acceptors (Lipinski definition) is 5. The van der Waals surface area contributed by atoms with Gasteiger partial charge in [-0.3, -0.25) is 9.69 Å². The van der Waals surface area contributed by atoms with Gasteiger partial charge in [-0.1, -0.05) is 48.5 Å². The van der Waals surface area contributed by atoms with Gasteiger partial charge in [0.15, 0.2) is 0 Å². The molecule has 2 aromatic carbocycles. The molecule has 0 spiro atoms. The topological polar surface area (TPSA) is 52.6 Å². The van der Waals surface area contributed by atoms with Crippen molar-refractivity contribution in [2.45, 2.75) is 13.0 Å². The lowest BCUT2D eigenvalue weighted by atomic mass is 10.2. The molecule has 0 saturated carbocycles. The van der Waals surface area contributed by atoms with Gasteiger partial charge in [-0.15, -0.1) is 0 Å². The normalized spacial score (nSPS) is 16.5. The molecule has 1 aromatic heterocycles. The number of hydrogen-bond donors (Lipinski definition) is 0. The monoisotopic (exact) mass is 399 g/mol. The van der Waals surface area contributed by atoms with Crippen LogP contribution in [0.2, 0.25) is 0 Å². The maximum absolute atomic E-state index is 13.1. The quantitative estimate of drug-likeness (QED) is 0.675. The van der Waals surface area contributed by atoms with E-state index in [1.807, 2.05) is 23.1 Å². The first kappa shape index (κ1) is 18.8. The second-order valence-corrected chi connectivity index (χ2v) is 7.85. The van der Waals surface area contributed by atoms with Crippen molar-refractivity contribution in [3.63, 3.8) is 0 Å². The molecule has 2 aliphatic heterocycles. The van der Waals surface area contributed by atoms with Crippen LogP contribution in [-0.4, -0.2) is 58.4 Å². The minimum atomic E-state index is -0.00880. The van der Waals surface area contributed by atoms with Gasteiger partial charge in [-0.25, -0.2) is 9.97 Å². The van der Waals surface area contributed by atoms with Crippen molar-refractivity contribution in [1.82, 2.24) is 19.8 Å². The van der Waals surface area contributed by atoms with Gasteiger partial charge in [-0.2, -0.15) is 0 Å². The SMILES string of the molecule is O=C(c1cc(N2CCc3ccccc32)ncn1)N1CCN(Cc2ccccc2)CC1. The number of rotatable bonds is 4. The van der Waals surface area contributed by atoms with Gasteiger partial charge in [0, 0.05) is 51.0 Å². The third-order valence-corrected chi connectivity index (χ3v) is 5.94. The van der Waals surface area contributed by atoms with Crippen LogP contribution in [0.4, 0.5) is 11.5 Å². The van der Waals surface area contributed by atoms with Gasteiger partial charge < -0.3 is 9.80 Å². The van der Waals surface area contributed by atoms with Gasteiger partial charge in [0.2, 0.25) is 0 Å². The molecule has 6 heteroatoms. The van der Waals surface area contributed by atoms with Crippen molar-refractivity contribution in [3.05, 3.63) is 83.8 Å². The van der Waals surface area contributed by atoms with E-state index in [1.165, 1.54) is 23.1 Å². The van der Waals surface area contributed by atoms with Crippen molar-refractivity contribution in [2.75, 3.05) is 37.6 Å². The summed E-state index contributed by atoms with van der Waals surface area (Å²) >= 11 is 0. The van der Waals surface area contributed by atoms with Gasteiger partial charge >= 0.3 is 0 Å². The Bertz CT molecular complexity index is 1030. The lowest BCUT2D eigenvalue weighted by Gasteiger charge is -2.34. The molecule has 6 nitrogen and oxygen atoms in total. The molecule has 0 radical (unpaired) electrons. The highest BCUT2D eigenvalue weighted by atomic mass is 16.2. The molecular formula is C24H25N5O. The molecule has 0 unspecified atom stereocenters. The zero-order valence-corrected chi connectivity index (χ0v) is 16.9. The second-order valence-electron chi connectivity index (χ2n) is 7.85. The van der Waals surface area contributed by atoms with E-state index in [1.54, 1.807) is 0 Å². The Morgan fingerprint density at radius 2 is 1.63 bits per heavy atom. The first-order chi connectivity index (χ1) is 14.8. The molecule has 1 fully saturated rings. The third kappa shape index (κ3) is 3.78. The van der Waals surface area contributed by atoms with Crippen molar-refractivity contribution < 1.29 is 4.79 Å². The molecule has 3 aromatic rings. The zero-order valence-electron chi connectivity index (χ0n) is 16.9. The zero-order chi connectivity index (χ0) is 20.3. The van der Waals surface area contributed by atoms with E-state index in [0.717, 1.165) is 51.5 Å². The maximum atomic E-state index is 13.1. The number of amides is 1. The van der Waals surface area contributed by atoms with E-state index < -0.39 is 0 Å². The number of para-hydroxylation sites is 1. The number of carbonyl (C=O) groups excluding carboxylic acids is 1. The Hall–Kier alpha value is -3.25. The molecule has 30 heavy (non-hydrogen) atoms. The van der Waals surface area contributed by atoms with Crippen LogP contribution >= 0.6 is 0 Å². The standard InChI is InChI=1S/C24H25N5O/c30-24(28-14-12-27(13-15-28)17-19-6-2-1-3-7-19)21-16-23(26-18-25-21)29-11-10-20-8-4-5-9-22(20)29/h1-9,16,18H,10-15,17H2. The van der Waals surface area contributed by atoms with Crippen LogP contribution in [0.1, 0.15) is 21.6 Å². The second kappa shape index (κ2) is 8.24. The van der Waals surface area contributed by atoms with E-state index in [2.05, 4.69) is 62.2 Å². The van der Waals surface area contributed by atoms with E-state index >= 15 is 0 Å². The van der Waals surface area contributed by atoms with E-state index in [0.29, 0.717) is 5.69 Å². The predicted molar refractivity (Wildman–Crippen MR) is 117 cm³/mol. The maximum Gasteiger partial charge on any atom is 0.272 e. The number of anilines is 2. The molecule has 5 rings (SSSR count). The number of carbonyl (C=O) groups is 1. The lowest BCUT2D eigenvalue weighted by molar-refractivity contribution is 0.0622. The van der Waals surface area contributed by atoms with Crippen LogP contribution < -0.4 is 4.90 Å². The Balaban J connectivity index is 1.25. The highest BCUT2D eigenvalue weighted by Crippen LogP contribution is 2.33. The van der Waals surface area contributed by atoms with Crippen LogP contribution in [0.15, 0.2) is 67.0 Å². The number of aromatic nitrogens is 2. The van der Waals surface area contributed by atoms with Crippen LogP contribution in [-0.2, 0) is 13.0 Å². The number of piperazine rings is 1. The Morgan fingerprint density at radius 3 is 2.47 bits per heavy atom. The number of nitrogens with zero attached hydrogens (tertiary/aromatic N) is 5. The molecule has 0 atom stereocenters. The predicted octanol–water partition coefficient (Wildman–Crippen LogP) is 3.13. The molecule has 1 saturated heterocycles. The third-order valence-electron chi connectivity index (χ3n) is 5.94. The molecular weight excluding hydrogens is 374 g/mol. The summed E-state index contributed by atoms with van der Waals surface area (Å²) in [6.45, 7) is 4.99.